The Kier molecular flexibility index (Phi) is 4.54. The maximum Gasteiger partial charge on any atom is 0.240 e. The van der Waals surface area contributed by atoms with Crippen LogP contribution in [0.2, 0.25) is 0 Å². The molecule has 0 aliphatic carbocycles. The van der Waals surface area contributed by atoms with Crippen LogP contribution in [0.4, 0.5) is 0 Å². The van der Waals surface area contributed by atoms with Gasteiger partial charge in [-0.3, -0.25) is 4.79 Å². The summed E-state index contributed by atoms with van der Waals surface area (Å²) in [4.78, 5) is 12.0. The van der Waals surface area contributed by atoms with Crippen LogP contribution in [-0.2, 0) is 4.79 Å². The second-order valence-corrected chi connectivity index (χ2v) is 4.45. The van der Waals surface area contributed by atoms with Crippen LogP contribution in [0.15, 0.2) is 0 Å². The van der Waals surface area contributed by atoms with Gasteiger partial charge < -0.3 is 15.7 Å². The van der Waals surface area contributed by atoms with Crippen LogP contribution in [-0.4, -0.2) is 35.7 Å². The zero-order valence-corrected chi connectivity index (χ0v) is 9.68. The third kappa shape index (κ3) is 3.18. The van der Waals surface area contributed by atoms with E-state index in [9.17, 15) is 4.79 Å². The van der Waals surface area contributed by atoms with Crippen molar-refractivity contribution in [2.24, 2.45) is 0 Å². The predicted octanol–water partition coefficient (Wildman–Crippen LogP) is 0.406. The Balaban J connectivity index is 2.45. The standard InChI is InChI=1S/C11H22N2O2/c1-3-9(5-8-14)13-10(15)11(2)6-4-7-12-11/h9,12,14H,3-8H2,1-2H3,(H,13,15). The molecule has 0 aromatic rings. The number of rotatable bonds is 5. The molecule has 1 aliphatic rings. The quantitative estimate of drug-likeness (QED) is 0.621. The first-order valence-corrected chi connectivity index (χ1v) is 5.79. The lowest BCUT2D eigenvalue weighted by molar-refractivity contribution is -0.127. The fraction of sp³-hybridized carbons (Fsp3) is 0.909. The number of carbonyl (C=O) groups excluding carboxylic acids is 1. The highest BCUT2D eigenvalue weighted by atomic mass is 16.3. The fourth-order valence-corrected chi connectivity index (χ4v) is 1.97. The molecule has 1 rings (SSSR count). The van der Waals surface area contributed by atoms with Crippen molar-refractivity contribution in [3.05, 3.63) is 0 Å². The van der Waals surface area contributed by atoms with Crippen molar-refractivity contribution in [2.75, 3.05) is 13.2 Å². The maximum atomic E-state index is 12.0. The van der Waals surface area contributed by atoms with Crippen molar-refractivity contribution in [1.82, 2.24) is 10.6 Å². The van der Waals surface area contributed by atoms with E-state index >= 15 is 0 Å². The smallest absolute Gasteiger partial charge is 0.240 e. The van der Waals surface area contributed by atoms with E-state index in [-0.39, 0.29) is 18.6 Å². The SMILES string of the molecule is CCC(CCO)NC(=O)C1(C)CCCN1. The molecular formula is C11H22N2O2. The van der Waals surface area contributed by atoms with Gasteiger partial charge in [0.2, 0.25) is 5.91 Å². The van der Waals surface area contributed by atoms with Gasteiger partial charge in [0.1, 0.15) is 0 Å². The number of aliphatic hydroxyl groups is 1. The first kappa shape index (κ1) is 12.5. The Morgan fingerprint density at radius 1 is 1.67 bits per heavy atom. The maximum absolute atomic E-state index is 12.0. The van der Waals surface area contributed by atoms with Crippen molar-refractivity contribution in [3.8, 4) is 0 Å². The normalized spacial score (nSPS) is 27.7. The lowest BCUT2D eigenvalue weighted by Crippen LogP contribution is -2.53. The van der Waals surface area contributed by atoms with Crippen LogP contribution in [0.1, 0.15) is 39.5 Å². The molecule has 0 spiro atoms. The van der Waals surface area contributed by atoms with E-state index in [2.05, 4.69) is 10.6 Å². The van der Waals surface area contributed by atoms with Crippen LogP contribution in [0, 0.1) is 0 Å². The Hall–Kier alpha value is -0.610. The van der Waals surface area contributed by atoms with E-state index in [1.807, 2.05) is 13.8 Å². The summed E-state index contributed by atoms with van der Waals surface area (Å²) in [5.41, 5.74) is -0.400. The molecule has 1 saturated heterocycles. The largest absolute Gasteiger partial charge is 0.396 e. The summed E-state index contributed by atoms with van der Waals surface area (Å²) in [6.07, 6.45) is 3.45. The van der Waals surface area contributed by atoms with Crippen LogP contribution in [0.5, 0.6) is 0 Å². The lowest BCUT2D eigenvalue weighted by atomic mass is 9.98. The molecule has 1 fully saturated rings. The van der Waals surface area contributed by atoms with Gasteiger partial charge in [0.05, 0.1) is 5.54 Å². The van der Waals surface area contributed by atoms with Gasteiger partial charge in [0.15, 0.2) is 0 Å². The second-order valence-electron chi connectivity index (χ2n) is 4.45. The molecule has 0 radical (unpaired) electrons. The molecule has 0 bridgehead atoms. The van der Waals surface area contributed by atoms with Gasteiger partial charge in [0.25, 0.3) is 0 Å². The zero-order valence-electron chi connectivity index (χ0n) is 9.68. The van der Waals surface area contributed by atoms with E-state index in [1.165, 1.54) is 0 Å². The first-order chi connectivity index (χ1) is 7.12. The number of nitrogens with one attached hydrogen (secondary N) is 2. The molecule has 2 unspecified atom stereocenters. The van der Waals surface area contributed by atoms with E-state index < -0.39 is 5.54 Å². The summed E-state index contributed by atoms with van der Waals surface area (Å²) in [6, 6.07) is 0.0988. The van der Waals surface area contributed by atoms with Gasteiger partial charge in [0, 0.05) is 12.6 Å². The lowest BCUT2D eigenvalue weighted by Gasteiger charge is -2.26. The van der Waals surface area contributed by atoms with Crippen molar-refractivity contribution >= 4 is 5.91 Å². The van der Waals surface area contributed by atoms with Gasteiger partial charge >= 0.3 is 0 Å². The number of hydrogen-bond donors (Lipinski definition) is 3. The molecule has 3 N–H and O–H groups in total. The number of hydrogen-bond acceptors (Lipinski definition) is 3. The van der Waals surface area contributed by atoms with Gasteiger partial charge in [-0.2, -0.15) is 0 Å². The summed E-state index contributed by atoms with van der Waals surface area (Å²) >= 11 is 0. The molecule has 0 aromatic heterocycles. The van der Waals surface area contributed by atoms with Crippen molar-refractivity contribution in [1.29, 1.82) is 0 Å². The third-order valence-electron chi connectivity index (χ3n) is 3.18. The van der Waals surface area contributed by atoms with Gasteiger partial charge in [-0.05, 0) is 39.2 Å². The summed E-state index contributed by atoms with van der Waals surface area (Å²) in [7, 11) is 0. The molecule has 4 nitrogen and oxygen atoms in total. The average Bonchev–Trinajstić information content (AvgIpc) is 2.65. The Labute approximate surface area is 91.4 Å². The average molecular weight is 214 g/mol. The molecule has 2 atom stereocenters. The minimum absolute atomic E-state index is 0.0697. The molecule has 1 heterocycles. The Morgan fingerprint density at radius 2 is 2.40 bits per heavy atom. The molecule has 1 aliphatic heterocycles. The molecule has 4 heteroatoms. The molecule has 88 valence electrons. The van der Waals surface area contributed by atoms with E-state index in [0.717, 1.165) is 25.8 Å². The summed E-state index contributed by atoms with van der Waals surface area (Å²) in [5.74, 6) is 0.0697. The Morgan fingerprint density at radius 3 is 2.87 bits per heavy atom. The molecule has 0 saturated carbocycles. The first-order valence-electron chi connectivity index (χ1n) is 5.79. The minimum Gasteiger partial charge on any atom is -0.396 e. The van der Waals surface area contributed by atoms with E-state index in [0.29, 0.717) is 6.42 Å². The fourth-order valence-electron chi connectivity index (χ4n) is 1.97. The van der Waals surface area contributed by atoms with Gasteiger partial charge in [-0.25, -0.2) is 0 Å². The topological polar surface area (TPSA) is 61.4 Å². The highest BCUT2D eigenvalue weighted by molar-refractivity contribution is 5.86. The van der Waals surface area contributed by atoms with E-state index in [1.54, 1.807) is 0 Å². The van der Waals surface area contributed by atoms with E-state index in [4.69, 9.17) is 5.11 Å². The summed E-state index contributed by atoms with van der Waals surface area (Å²) in [5, 5.41) is 15.1. The number of amides is 1. The highest BCUT2D eigenvalue weighted by Crippen LogP contribution is 2.18. The summed E-state index contributed by atoms with van der Waals surface area (Å²) < 4.78 is 0. The minimum atomic E-state index is -0.400. The van der Waals surface area contributed by atoms with Crippen LogP contribution < -0.4 is 10.6 Å². The van der Waals surface area contributed by atoms with Crippen molar-refractivity contribution in [2.45, 2.75) is 51.1 Å². The van der Waals surface area contributed by atoms with Gasteiger partial charge in [-0.1, -0.05) is 6.92 Å². The van der Waals surface area contributed by atoms with Crippen LogP contribution in [0.25, 0.3) is 0 Å². The second kappa shape index (κ2) is 5.47. The molecular weight excluding hydrogens is 192 g/mol. The van der Waals surface area contributed by atoms with Gasteiger partial charge in [-0.15, -0.1) is 0 Å². The predicted molar refractivity (Wildman–Crippen MR) is 59.6 cm³/mol. The number of aliphatic hydroxyl groups excluding tert-OH is 1. The number of carbonyl (C=O) groups is 1. The third-order valence-corrected chi connectivity index (χ3v) is 3.18. The van der Waals surface area contributed by atoms with Crippen molar-refractivity contribution < 1.29 is 9.90 Å². The molecule has 0 aromatic carbocycles. The monoisotopic (exact) mass is 214 g/mol. The molecule has 1 amide bonds. The van der Waals surface area contributed by atoms with Crippen molar-refractivity contribution in [3.63, 3.8) is 0 Å². The van der Waals surface area contributed by atoms with Crippen LogP contribution in [0.3, 0.4) is 0 Å². The molecule has 15 heavy (non-hydrogen) atoms. The Bertz CT molecular complexity index is 213. The van der Waals surface area contributed by atoms with Crippen LogP contribution >= 0.6 is 0 Å². The zero-order chi connectivity index (χ0) is 11.3. The highest BCUT2D eigenvalue weighted by Gasteiger charge is 2.36. The summed E-state index contributed by atoms with van der Waals surface area (Å²) in [6.45, 7) is 5.01.